The van der Waals surface area contributed by atoms with Crippen molar-refractivity contribution >= 4 is 11.0 Å². The van der Waals surface area contributed by atoms with Gasteiger partial charge in [-0.05, 0) is 39.0 Å². The summed E-state index contributed by atoms with van der Waals surface area (Å²) < 4.78 is 7.43. The summed E-state index contributed by atoms with van der Waals surface area (Å²) in [6, 6.07) is 9.71. The number of aliphatic hydroxyl groups excluding tert-OH is 1. The van der Waals surface area contributed by atoms with E-state index in [1.54, 1.807) is 17.1 Å². The number of aromatic nitrogens is 6. The summed E-state index contributed by atoms with van der Waals surface area (Å²) in [6.45, 7) is 6.17. The van der Waals surface area contributed by atoms with E-state index in [0.717, 1.165) is 16.6 Å². The van der Waals surface area contributed by atoms with E-state index in [-0.39, 0.29) is 0 Å². The van der Waals surface area contributed by atoms with Gasteiger partial charge >= 0.3 is 0 Å². The molecule has 4 rings (SSSR count). The molecule has 0 bridgehead atoms. The highest BCUT2D eigenvalue weighted by molar-refractivity contribution is 5.77. The van der Waals surface area contributed by atoms with Crippen molar-refractivity contribution in [3.05, 3.63) is 54.6 Å². The van der Waals surface area contributed by atoms with Crippen molar-refractivity contribution in [3.8, 4) is 17.1 Å². The molecule has 0 radical (unpaired) electrons. The highest BCUT2D eigenvalue weighted by atomic mass is 16.5. The minimum atomic E-state index is -0.789. The lowest BCUT2D eigenvalue weighted by molar-refractivity contribution is -0.0984. The molecule has 4 aromatic rings. The number of nitrogens with zero attached hydrogens (tertiary/aromatic N) is 5. The molecular formula is C20H22N6O2. The molecule has 144 valence electrons. The van der Waals surface area contributed by atoms with Crippen LogP contribution in [-0.2, 0) is 4.74 Å². The van der Waals surface area contributed by atoms with E-state index in [0.29, 0.717) is 23.6 Å². The molecule has 0 amide bonds. The SMILES string of the molecule is CCOC(C)(C)[C@H](O)c1cnc2c(cnn2-c2cccc(-c3ncn[nH]3)c2)c1. The number of aliphatic hydroxyl groups is 1. The zero-order valence-corrected chi connectivity index (χ0v) is 16.0. The van der Waals surface area contributed by atoms with Crippen molar-refractivity contribution in [1.82, 2.24) is 29.9 Å². The van der Waals surface area contributed by atoms with Gasteiger partial charge in [-0.25, -0.2) is 14.6 Å². The maximum Gasteiger partial charge on any atom is 0.162 e. The molecule has 0 saturated carbocycles. The van der Waals surface area contributed by atoms with E-state index in [1.165, 1.54) is 6.33 Å². The first-order chi connectivity index (χ1) is 13.5. The quantitative estimate of drug-likeness (QED) is 0.535. The van der Waals surface area contributed by atoms with Gasteiger partial charge in [0.1, 0.15) is 12.4 Å². The topological polar surface area (TPSA) is 102 Å². The summed E-state index contributed by atoms with van der Waals surface area (Å²) in [4.78, 5) is 8.74. The second-order valence-corrected chi connectivity index (χ2v) is 7.06. The Morgan fingerprint density at radius 1 is 1.21 bits per heavy atom. The van der Waals surface area contributed by atoms with Crippen LogP contribution in [0.15, 0.2) is 49.1 Å². The third-order valence-electron chi connectivity index (χ3n) is 4.70. The maximum absolute atomic E-state index is 10.7. The van der Waals surface area contributed by atoms with E-state index in [2.05, 4.69) is 25.3 Å². The predicted octanol–water partition coefficient (Wildman–Crippen LogP) is 3.05. The number of hydrogen-bond donors (Lipinski definition) is 2. The summed E-state index contributed by atoms with van der Waals surface area (Å²) in [5.74, 6) is 0.690. The van der Waals surface area contributed by atoms with Crippen molar-refractivity contribution in [3.63, 3.8) is 0 Å². The third kappa shape index (κ3) is 3.28. The number of H-pyrrole nitrogens is 1. The Bertz CT molecular complexity index is 1090. The first kappa shape index (κ1) is 18.3. The Hall–Kier alpha value is -3.10. The normalized spacial score (nSPS) is 13.1. The largest absolute Gasteiger partial charge is 0.385 e. The van der Waals surface area contributed by atoms with Gasteiger partial charge in [0.05, 0.1) is 17.5 Å². The molecule has 3 aromatic heterocycles. The molecule has 8 heteroatoms. The van der Waals surface area contributed by atoms with Crippen LogP contribution in [0, 0.1) is 0 Å². The summed E-state index contributed by atoms with van der Waals surface area (Å²) >= 11 is 0. The van der Waals surface area contributed by atoms with Crippen molar-refractivity contribution in [2.45, 2.75) is 32.5 Å². The molecule has 0 spiro atoms. The smallest absolute Gasteiger partial charge is 0.162 e. The van der Waals surface area contributed by atoms with E-state index >= 15 is 0 Å². The fourth-order valence-corrected chi connectivity index (χ4v) is 3.26. The second kappa shape index (κ2) is 7.14. The highest BCUT2D eigenvalue weighted by Crippen LogP contribution is 2.30. The number of benzene rings is 1. The zero-order valence-electron chi connectivity index (χ0n) is 16.0. The van der Waals surface area contributed by atoms with E-state index in [9.17, 15) is 5.11 Å². The van der Waals surface area contributed by atoms with Crippen LogP contribution in [-0.4, -0.2) is 47.3 Å². The van der Waals surface area contributed by atoms with Gasteiger partial charge in [-0.2, -0.15) is 10.2 Å². The molecule has 0 unspecified atom stereocenters. The lowest BCUT2D eigenvalue weighted by Gasteiger charge is -2.30. The van der Waals surface area contributed by atoms with Gasteiger partial charge < -0.3 is 9.84 Å². The Kier molecular flexibility index (Phi) is 4.66. The van der Waals surface area contributed by atoms with Crippen LogP contribution in [0.25, 0.3) is 28.1 Å². The Morgan fingerprint density at radius 3 is 2.82 bits per heavy atom. The molecule has 3 heterocycles. The van der Waals surface area contributed by atoms with Gasteiger partial charge in [0, 0.05) is 29.3 Å². The Labute approximate surface area is 162 Å². The Balaban J connectivity index is 1.70. The fourth-order valence-electron chi connectivity index (χ4n) is 3.26. The Morgan fingerprint density at radius 2 is 2.07 bits per heavy atom. The number of pyridine rings is 1. The van der Waals surface area contributed by atoms with Crippen molar-refractivity contribution in [1.29, 1.82) is 0 Å². The van der Waals surface area contributed by atoms with E-state index in [4.69, 9.17) is 4.74 Å². The minimum absolute atomic E-state index is 0.527. The number of hydrogen-bond acceptors (Lipinski definition) is 6. The van der Waals surface area contributed by atoms with Crippen LogP contribution < -0.4 is 0 Å². The van der Waals surface area contributed by atoms with Crippen molar-refractivity contribution in [2.75, 3.05) is 6.61 Å². The maximum atomic E-state index is 10.7. The number of nitrogens with one attached hydrogen (secondary N) is 1. The van der Waals surface area contributed by atoms with E-state index in [1.807, 2.05) is 51.1 Å². The monoisotopic (exact) mass is 378 g/mol. The third-order valence-corrected chi connectivity index (χ3v) is 4.70. The van der Waals surface area contributed by atoms with Crippen LogP contribution in [0.4, 0.5) is 0 Å². The number of ether oxygens (including phenoxy) is 1. The molecule has 0 aliphatic rings. The summed E-state index contributed by atoms with van der Waals surface area (Å²) in [7, 11) is 0. The zero-order chi connectivity index (χ0) is 19.7. The number of fused-ring (bicyclic) bond motifs is 1. The lowest BCUT2D eigenvalue weighted by atomic mass is 9.95. The van der Waals surface area contributed by atoms with Gasteiger partial charge in [0.15, 0.2) is 11.5 Å². The highest BCUT2D eigenvalue weighted by Gasteiger charge is 2.30. The van der Waals surface area contributed by atoms with Gasteiger partial charge in [0.25, 0.3) is 0 Å². The van der Waals surface area contributed by atoms with Crippen LogP contribution in [0.3, 0.4) is 0 Å². The summed E-state index contributed by atoms with van der Waals surface area (Å²) in [6.07, 6.45) is 4.10. The van der Waals surface area contributed by atoms with Gasteiger partial charge in [-0.1, -0.05) is 12.1 Å². The minimum Gasteiger partial charge on any atom is -0.385 e. The first-order valence-corrected chi connectivity index (χ1v) is 9.11. The first-order valence-electron chi connectivity index (χ1n) is 9.11. The van der Waals surface area contributed by atoms with Crippen molar-refractivity contribution in [2.24, 2.45) is 0 Å². The van der Waals surface area contributed by atoms with Crippen LogP contribution in [0.2, 0.25) is 0 Å². The average molecular weight is 378 g/mol. The van der Waals surface area contributed by atoms with E-state index < -0.39 is 11.7 Å². The molecule has 8 nitrogen and oxygen atoms in total. The predicted molar refractivity (Wildman–Crippen MR) is 105 cm³/mol. The molecular weight excluding hydrogens is 356 g/mol. The molecule has 1 aromatic carbocycles. The number of aromatic amines is 1. The van der Waals surface area contributed by atoms with Crippen LogP contribution in [0.5, 0.6) is 0 Å². The molecule has 1 atom stereocenters. The second-order valence-electron chi connectivity index (χ2n) is 7.06. The molecule has 0 saturated heterocycles. The lowest BCUT2D eigenvalue weighted by Crippen LogP contribution is -2.32. The van der Waals surface area contributed by atoms with Gasteiger partial charge in [-0.3, -0.25) is 5.10 Å². The molecule has 2 N–H and O–H groups in total. The number of rotatable bonds is 6. The standard InChI is InChI=1S/C20H22N6O2/c1-4-28-20(2,3)17(27)14-8-15-11-24-26(19(15)21-10-14)16-7-5-6-13(9-16)18-22-12-23-25-18/h5-12,17,27H,4H2,1-3H3,(H,22,23,25)/t17-/m1/s1. The molecule has 0 aliphatic carbocycles. The molecule has 0 aliphatic heterocycles. The summed E-state index contributed by atoms with van der Waals surface area (Å²) in [5.41, 5.74) is 2.47. The van der Waals surface area contributed by atoms with Gasteiger partial charge in [-0.15, -0.1) is 0 Å². The van der Waals surface area contributed by atoms with Gasteiger partial charge in [0.2, 0.25) is 0 Å². The van der Waals surface area contributed by atoms with Crippen LogP contribution >= 0.6 is 0 Å². The average Bonchev–Trinajstić information content (AvgIpc) is 3.37. The summed E-state index contributed by atoms with van der Waals surface area (Å²) in [5, 5.41) is 22.8. The molecule has 0 fully saturated rings. The molecule has 28 heavy (non-hydrogen) atoms. The van der Waals surface area contributed by atoms with Crippen LogP contribution in [0.1, 0.15) is 32.4 Å². The van der Waals surface area contributed by atoms with Crippen molar-refractivity contribution < 1.29 is 9.84 Å². The fraction of sp³-hybridized carbons (Fsp3) is 0.300.